The molecule has 0 spiro atoms. The van der Waals surface area contributed by atoms with Crippen molar-refractivity contribution in [3.05, 3.63) is 54.7 Å². The van der Waals surface area contributed by atoms with Gasteiger partial charge in [0.05, 0.1) is 30.6 Å². The van der Waals surface area contributed by atoms with Crippen LogP contribution in [0.3, 0.4) is 0 Å². The highest BCUT2D eigenvalue weighted by atomic mass is 16.5. The summed E-state index contributed by atoms with van der Waals surface area (Å²) in [6.07, 6.45) is 4.86. The van der Waals surface area contributed by atoms with Gasteiger partial charge >= 0.3 is 0 Å². The number of carbonyl (C=O) groups excluding carboxylic acids is 1. The normalized spacial score (nSPS) is 16.7. The Morgan fingerprint density at radius 1 is 1.06 bits per heavy atom. The Morgan fingerprint density at radius 3 is 2.56 bits per heavy atom. The molecule has 1 saturated heterocycles. The predicted octanol–water partition coefficient (Wildman–Crippen LogP) is 4.13. The van der Waals surface area contributed by atoms with Crippen molar-refractivity contribution < 1.29 is 9.53 Å². The summed E-state index contributed by atoms with van der Waals surface area (Å²) in [6.45, 7) is 4.93. The van der Waals surface area contributed by atoms with E-state index in [2.05, 4.69) is 40.4 Å². The van der Waals surface area contributed by atoms with Crippen LogP contribution in [0.1, 0.15) is 19.8 Å². The molecule has 1 amide bonds. The average Bonchev–Trinajstić information content (AvgIpc) is 3.55. The van der Waals surface area contributed by atoms with Gasteiger partial charge in [0.25, 0.3) is 0 Å². The number of hydrogen-bond donors (Lipinski definition) is 1. The second-order valence-corrected chi connectivity index (χ2v) is 9.72. The zero-order chi connectivity index (χ0) is 24.7. The predicted molar refractivity (Wildman–Crippen MR) is 141 cm³/mol. The van der Waals surface area contributed by atoms with Crippen LogP contribution < -0.4 is 15.1 Å². The summed E-state index contributed by atoms with van der Waals surface area (Å²) in [5.41, 5.74) is 4.62. The number of anilines is 4. The molecule has 3 heterocycles. The Kier molecular flexibility index (Phi) is 5.56. The average molecular weight is 484 g/mol. The lowest BCUT2D eigenvalue weighted by Gasteiger charge is -2.27. The number of aryl methyl sites for hydroxylation is 1. The number of ether oxygens (including phenoxy) is 1. The molecule has 0 radical (unpaired) electrons. The first-order valence-electron chi connectivity index (χ1n) is 12.3. The Bertz CT molecular complexity index is 1410. The molecule has 0 atom stereocenters. The summed E-state index contributed by atoms with van der Waals surface area (Å²) >= 11 is 0. The number of morpholine rings is 1. The summed E-state index contributed by atoms with van der Waals surface area (Å²) in [5.74, 6) is 1.38. The van der Waals surface area contributed by atoms with Crippen LogP contribution >= 0.6 is 0 Å². The molecule has 9 heteroatoms. The number of rotatable bonds is 7. The SMILES string of the molecule is Cn1ncc2ccc(-c3cc(Nc4ccc(N(C=O)C5(C)CC5)cc4)nc(N4CCOCC4)n3)cc21. The second-order valence-electron chi connectivity index (χ2n) is 9.72. The molecule has 36 heavy (non-hydrogen) atoms. The van der Waals surface area contributed by atoms with Gasteiger partial charge in [-0.3, -0.25) is 9.48 Å². The maximum Gasteiger partial charge on any atom is 0.228 e. The first-order chi connectivity index (χ1) is 17.5. The maximum atomic E-state index is 11.7. The van der Waals surface area contributed by atoms with Gasteiger partial charge in [0, 0.05) is 54.1 Å². The largest absolute Gasteiger partial charge is 0.378 e. The van der Waals surface area contributed by atoms with E-state index in [1.807, 2.05) is 53.2 Å². The molecular formula is C27H29N7O2. The standard InChI is InChI=1S/C27H29N7O2/c1-27(9-10-27)34(18-35)22-7-5-21(6-8-22)29-25-16-23(30-26(31-25)33-11-13-36-14-12-33)19-3-4-20-17-28-32(2)24(20)15-19/h3-8,15-18H,9-14H2,1-2H3,(H,29,30,31). The summed E-state index contributed by atoms with van der Waals surface area (Å²) in [6, 6.07) is 16.1. The third-order valence-corrected chi connectivity index (χ3v) is 7.13. The van der Waals surface area contributed by atoms with Crippen molar-refractivity contribution in [2.24, 2.45) is 7.05 Å². The highest BCUT2D eigenvalue weighted by Gasteiger charge is 2.43. The topological polar surface area (TPSA) is 88.4 Å². The number of aromatic nitrogens is 4. The second kappa shape index (κ2) is 8.91. The van der Waals surface area contributed by atoms with Gasteiger partial charge in [-0.1, -0.05) is 12.1 Å². The number of nitrogens with one attached hydrogen (secondary N) is 1. The maximum absolute atomic E-state index is 11.7. The number of carbonyl (C=O) groups is 1. The molecule has 6 rings (SSSR count). The number of benzene rings is 2. The Balaban J connectivity index is 1.33. The molecular weight excluding hydrogens is 454 g/mol. The van der Waals surface area contributed by atoms with Gasteiger partial charge in [-0.05, 0) is 50.1 Å². The fourth-order valence-electron chi connectivity index (χ4n) is 4.63. The van der Waals surface area contributed by atoms with Crippen LogP contribution in [0.15, 0.2) is 54.7 Å². The molecule has 2 fully saturated rings. The summed E-state index contributed by atoms with van der Waals surface area (Å²) in [5, 5.41) is 8.90. The minimum Gasteiger partial charge on any atom is -0.378 e. The van der Waals surface area contributed by atoms with Gasteiger partial charge in [-0.15, -0.1) is 0 Å². The third kappa shape index (κ3) is 4.26. The molecule has 4 aromatic rings. The molecule has 9 nitrogen and oxygen atoms in total. The first-order valence-corrected chi connectivity index (χ1v) is 12.3. The van der Waals surface area contributed by atoms with Gasteiger partial charge in [0.15, 0.2) is 0 Å². The van der Waals surface area contributed by atoms with Crippen LogP contribution in [0.5, 0.6) is 0 Å². The number of nitrogens with zero attached hydrogens (tertiary/aromatic N) is 6. The van der Waals surface area contributed by atoms with Crippen LogP contribution in [-0.2, 0) is 16.6 Å². The van der Waals surface area contributed by atoms with Crippen LogP contribution in [0.4, 0.5) is 23.1 Å². The minimum atomic E-state index is -0.0553. The monoisotopic (exact) mass is 483 g/mol. The van der Waals surface area contributed by atoms with E-state index in [-0.39, 0.29) is 5.54 Å². The quantitative estimate of drug-likeness (QED) is 0.396. The van der Waals surface area contributed by atoms with E-state index in [0.29, 0.717) is 25.0 Å². The third-order valence-electron chi connectivity index (χ3n) is 7.13. The van der Waals surface area contributed by atoms with Gasteiger partial charge < -0.3 is 19.9 Å². The lowest BCUT2D eigenvalue weighted by Crippen LogP contribution is -2.37. The summed E-state index contributed by atoms with van der Waals surface area (Å²) in [4.78, 5) is 25.4. The zero-order valence-corrected chi connectivity index (χ0v) is 20.5. The van der Waals surface area contributed by atoms with E-state index >= 15 is 0 Å². The molecule has 1 N–H and O–H groups in total. The van der Waals surface area contributed by atoms with Crippen molar-refractivity contribution in [3.63, 3.8) is 0 Å². The number of amides is 1. The van der Waals surface area contributed by atoms with E-state index < -0.39 is 0 Å². The molecule has 1 aliphatic carbocycles. The van der Waals surface area contributed by atoms with Crippen molar-refractivity contribution in [1.29, 1.82) is 0 Å². The van der Waals surface area contributed by atoms with Crippen molar-refractivity contribution in [1.82, 2.24) is 19.7 Å². The first kappa shape index (κ1) is 22.5. The number of hydrogen-bond acceptors (Lipinski definition) is 7. The lowest BCUT2D eigenvalue weighted by atomic mass is 10.1. The summed E-state index contributed by atoms with van der Waals surface area (Å²) in [7, 11) is 1.94. The smallest absolute Gasteiger partial charge is 0.228 e. The molecule has 1 aliphatic heterocycles. The Hall–Kier alpha value is -3.98. The fraction of sp³-hybridized carbons (Fsp3) is 0.333. The Labute approximate surface area is 209 Å². The summed E-state index contributed by atoms with van der Waals surface area (Å²) < 4.78 is 7.40. The van der Waals surface area contributed by atoms with E-state index in [1.54, 1.807) is 0 Å². The van der Waals surface area contributed by atoms with Crippen LogP contribution in [0, 0.1) is 0 Å². The van der Waals surface area contributed by atoms with E-state index in [4.69, 9.17) is 14.7 Å². The van der Waals surface area contributed by atoms with E-state index in [1.165, 1.54) is 0 Å². The van der Waals surface area contributed by atoms with Gasteiger partial charge in [0.2, 0.25) is 12.4 Å². The lowest BCUT2D eigenvalue weighted by molar-refractivity contribution is -0.107. The molecule has 0 unspecified atom stereocenters. The molecule has 1 saturated carbocycles. The fourth-order valence-corrected chi connectivity index (χ4v) is 4.63. The van der Waals surface area contributed by atoms with Crippen LogP contribution in [0.25, 0.3) is 22.2 Å². The Morgan fingerprint density at radius 2 is 1.83 bits per heavy atom. The highest BCUT2D eigenvalue weighted by molar-refractivity contribution is 5.84. The molecule has 2 aromatic heterocycles. The number of fused-ring (bicyclic) bond motifs is 1. The molecule has 2 aromatic carbocycles. The van der Waals surface area contributed by atoms with E-state index in [0.717, 1.165) is 65.9 Å². The van der Waals surface area contributed by atoms with Gasteiger partial charge in [-0.2, -0.15) is 10.1 Å². The van der Waals surface area contributed by atoms with Crippen molar-refractivity contribution >= 4 is 40.5 Å². The zero-order valence-electron chi connectivity index (χ0n) is 20.5. The molecule has 0 bridgehead atoms. The molecule has 2 aliphatic rings. The van der Waals surface area contributed by atoms with Crippen molar-refractivity contribution in [2.45, 2.75) is 25.3 Å². The molecule has 184 valence electrons. The van der Waals surface area contributed by atoms with Crippen molar-refractivity contribution in [2.75, 3.05) is 41.4 Å². The minimum absolute atomic E-state index is 0.0553. The highest BCUT2D eigenvalue weighted by Crippen LogP contribution is 2.43. The van der Waals surface area contributed by atoms with Crippen molar-refractivity contribution in [3.8, 4) is 11.3 Å². The van der Waals surface area contributed by atoms with E-state index in [9.17, 15) is 4.79 Å². The van der Waals surface area contributed by atoms with Gasteiger partial charge in [0.1, 0.15) is 5.82 Å². The van der Waals surface area contributed by atoms with Crippen LogP contribution in [0.2, 0.25) is 0 Å². The van der Waals surface area contributed by atoms with Gasteiger partial charge in [-0.25, -0.2) is 4.98 Å². The van der Waals surface area contributed by atoms with Crippen LogP contribution in [-0.4, -0.2) is 58.0 Å².